The lowest BCUT2D eigenvalue weighted by molar-refractivity contribution is 0.0825. The van der Waals surface area contributed by atoms with E-state index in [2.05, 4.69) is 33.2 Å². The van der Waals surface area contributed by atoms with Crippen LogP contribution < -0.4 is 0 Å². The number of aromatic nitrogens is 3. The Morgan fingerprint density at radius 3 is 2.75 bits per heavy atom. The molecule has 122 valence electrons. The Hall–Kier alpha value is -2.05. The van der Waals surface area contributed by atoms with Gasteiger partial charge >= 0.3 is 0 Å². The molecule has 6 heterocycles. The van der Waals surface area contributed by atoms with Crippen molar-refractivity contribution in [1.29, 1.82) is 0 Å². The summed E-state index contributed by atoms with van der Waals surface area (Å²) >= 11 is 1.67. The van der Waals surface area contributed by atoms with Gasteiger partial charge < -0.3 is 9.42 Å². The van der Waals surface area contributed by atoms with Crippen molar-refractivity contribution in [1.82, 2.24) is 20.0 Å². The number of thiophene rings is 1. The lowest BCUT2D eigenvalue weighted by atomic mass is 9.79. The van der Waals surface area contributed by atoms with Crippen LogP contribution >= 0.6 is 11.3 Å². The van der Waals surface area contributed by atoms with Gasteiger partial charge in [-0.2, -0.15) is 4.98 Å². The zero-order valence-electron chi connectivity index (χ0n) is 13.3. The second-order valence-corrected chi connectivity index (χ2v) is 7.69. The molecule has 3 aromatic rings. The van der Waals surface area contributed by atoms with Crippen LogP contribution in [0.2, 0.25) is 0 Å². The minimum absolute atomic E-state index is 0.433. The van der Waals surface area contributed by atoms with E-state index in [4.69, 9.17) is 9.51 Å². The van der Waals surface area contributed by atoms with Crippen molar-refractivity contribution in [3.05, 3.63) is 42.5 Å². The normalized spacial score (nSPS) is 25.9. The summed E-state index contributed by atoms with van der Waals surface area (Å²) in [5.74, 6) is 2.68. The molecule has 3 aromatic heterocycles. The van der Waals surface area contributed by atoms with Gasteiger partial charge in [-0.25, -0.2) is 0 Å². The Morgan fingerprint density at radius 1 is 1.12 bits per heavy atom. The number of nitrogens with zero attached hydrogens (tertiary/aromatic N) is 4. The van der Waals surface area contributed by atoms with Crippen LogP contribution in [-0.2, 0) is 0 Å². The maximum absolute atomic E-state index is 5.58. The Morgan fingerprint density at radius 2 is 2.00 bits per heavy atom. The predicted octanol–water partition coefficient (Wildman–Crippen LogP) is 3.67. The molecular formula is C18H18N4OS. The third-order valence-electron chi connectivity index (χ3n) is 5.19. The first-order valence-electron chi connectivity index (χ1n) is 8.43. The van der Waals surface area contributed by atoms with Gasteiger partial charge in [0.25, 0.3) is 5.89 Å². The SMILES string of the molecule is c1cncc(-c2ccc(-c3nc(C4CN5CCC4CC5)no3)s2)c1. The molecule has 0 radical (unpaired) electrons. The van der Waals surface area contributed by atoms with Gasteiger partial charge in [0.15, 0.2) is 5.82 Å². The van der Waals surface area contributed by atoms with Crippen LogP contribution in [0.3, 0.4) is 0 Å². The van der Waals surface area contributed by atoms with Gasteiger partial charge in [-0.3, -0.25) is 4.98 Å². The third-order valence-corrected chi connectivity index (χ3v) is 6.31. The first kappa shape index (κ1) is 14.3. The molecule has 0 saturated carbocycles. The number of fused-ring (bicyclic) bond motifs is 3. The van der Waals surface area contributed by atoms with Crippen molar-refractivity contribution in [3.63, 3.8) is 0 Å². The lowest BCUT2D eigenvalue weighted by Gasteiger charge is -2.43. The molecule has 1 atom stereocenters. The van der Waals surface area contributed by atoms with Gasteiger partial charge in [-0.15, -0.1) is 11.3 Å². The van der Waals surface area contributed by atoms with Crippen molar-refractivity contribution >= 4 is 11.3 Å². The zero-order chi connectivity index (χ0) is 15.9. The molecule has 0 aromatic carbocycles. The van der Waals surface area contributed by atoms with Gasteiger partial charge in [-0.1, -0.05) is 11.2 Å². The van der Waals surface area contributed by atoms with Crippen molar-refractivity contribution < 1.29 is 4.52 Å². The highest BCUT2D eigenvalue weighted by Crippen LogP contribution is 2.39. The van der Waals surface area contributed by atoms with E-state index >= 15 is 0 Å². The van der Waals surface area contributed by atoms with Crippen LogP contribution in [0, 0.1) is 5.92 Å². The number of piperidine rings is 3. The average Bonchev–Trinajstić information content (AvgIpc) is 3.33. The van der Waals surface area contributed by atoms with E-state index in [0.717, 1.165) is 28.7 Å². The fourth-order valence-electron chi connectivity index (χ4n) is 3.86. The first-order valence-corrected chi connectivity index (χ1v) is 9.25. The summed E-state index contributed by atoms with van der Waals surface area (Å²) in [7, 11) is 0. The summed E-state index contributed by atoms with van der Waals surface area (Å²) < 4.78 is 5.58. The quantitative estimate of drug-likeness (QED) is 0.729. The fraction of sp³-hybridized carbons (Fsp3) is 0.389. The molecule has 0 amide bonds. The molecular weight excluding hydrogens is 320 g/mol. The van der Waals surface area contributed by atoms with Gasteiger partial charge in [0.05, 0.1) is 4.88 Å². The second-order valence-electron chi connectivity index (χ2n) is 6.61. The molecule has 2 bridgehead atoms. The van der Waals surface area contributed by atoms with Crippen LogP contribution in [0.4, 0.5) is 0 Å². The van der Waals surface area contributed by atoms with Crippen LogP contribution in [0.25, 0.3) is 21.2 Å². The fourth-order valence-corrected chi connectivity index (χ4v) is 4.78. The summed E-state index contributed by atoms with van der Waals surface area (Å²) in [6, 6.07) is 8.16. The van der Waals surface area contributed by atoms with Gasteiger partial charge in [-0.05, 0) is 50.0 Å². The van der Waals surface area contributed by atoms with E-state index in [1.807, 2.05) is 12.3 Å². The monoisotopic (exact) mass is 338 g/mol. The smallest absolute Gasteiger partial charge is 0.268 e. The standard InChI is InChI=1S/C18H18N4OS/c1-2-13(10-19-7-1)15-3-4-16(24-15)18-20-17(21-23-18)14-11-22-8-5-12(14)6-9-22/h1-4,7,10,12,14H,5-6,8-9,11H2. The molecule has 0 spiro atoms. The molecule has 6 heteroatoms. The maximum Gasteiger partial charge on any atom is 0.268 e. The Labute approximate surface area is 144 Å². The van der Waals surface area contributed by atoms with Crippen molar-refractivity contribution in [2.24, 2.45) is 5.92 Å². The van der Waals surface area contributed by atoms with Gasteiger partial charge in [0, 0.05) is 35.3 Å². The zero-order valence-corrected chi connectivity index (χ0v) is 14.1. The van der Waals surface area contributed by atoms with Crippen LogP contribution in [-0.4, -0.2) is 39.7 Å². The molecule has 5 nitrogen and oxygen atoms in total. The van der Waals surface area contributed by atoms with E-state index in [-0.39, 0.29) is 0 Å². The Kier molecular flexibility index (Phi) is 3.45. The van der Waals surface area contributed by atoms with E-state index in [1.54, 1.807) is 17.5 Å². The number of hydrogen-bond donors (Lipinski definition) is 0. The predicted molar refractivity (Wildman–Crippen MR) is 92.7 cm³/mol. The molecule has 0 aliphatic carbocycles. The van der Waals surface area contributed by atoms with E-state index in [9.17, 15) is 0 Å². The highest BCUT2D eigenvalue weighted by atomic mass is 32.1. The lowest BCUT2D eigenvalue weighted by Crippen LogP contribution is -2.46. The summed E-state index contributed by atoms with van der Waals surface area (Å²) in [5.41, 5.74) is 1.12. The van der Waals surface area contributed by atoms with Gasteiger partial charge in [0.2, 0.25) is 0 Å². The molecule has 0 N–H and O–H groups in total. The van der Waals surface area contributed by atoms with Gasteiger partial charge in [0.1, 0.15) is 0 Å². The van der Waals surface area contributed by atoms with E-state index < -0.39 is 0 Å². The maximum atomic E-state index is 5.58. The number of hydrogen-bond acceptors (Lipinski definition) is 6. The minimum atomic E-state index is 0.433. The first-order chi connectivity index (χ1) is 11.9. The van der Waals surface area contributed by atoms with Crippen LogP contribution in [0.1, 0.15) is 24.6 Å². The molecule has 3 fully saturated rings. The second kappa shape index (κ2) is 5.79. The number of rotatable bonds is 3. The van der Waals surface area contributed by atoms with Crippen molar-refractivity contribution in [2.75, 3.05) is 19.6 Å². The van der Waals surface area contributed by atoms with Crippen molar-refractivity contribution in [2.45, 2.75) is 18.8 Å². The summed E-state index contributed by atoms with van der Waals surface area (Å²) in [6.07, 6.45) is 6.19. The molecule has 24 heavy (non-hydrogen) atoms. The third kappa shape index (κ3) is 2.46. The van der Waals surface area contributed by atoms with Crippen LogP contribution in [0.15, 0.2) is 41.2 Å². The molecule has 3 aliphatic rings. The number of pyridine rings is 1. The Balaban J connectivity index is 1.41. The summed E-state index contributed by atoms with van der Waals surface area (Å²) in [5, 5.41) is 4.30. The molecule has 3 aliphatic heterocycles. The largest absolute Gasteiger partial charge is 0.333 e. The topological polar surface area (TPSA) is 55.1 Å². The highest BCUT2D eigenvalue weighted by Gasteiger charge is 2.37. The molecule has 3 saturated heterocycles. The molecule has 1 unspecified atom stereocenters. The minimum Gasteiger partial charge on any atom is -0.333 e. The van der Waals surface area contributed by atoms with Crippen LogP contribution in [0.5, 0.6) is 0 Å². The van der Waals surface area contributed by atoms with Crippen molar-refractivity contribution in [3.8, 4) is 21.2 Å². The Bertz CT molecular complexity index is 836. The van der Waals surface area contributed by atoms with E-state index in [1.165, 1.54) is 30.8 Å². The van der Waals surface area contributed by atoms with E-state index in [0.29, 0.717) is 11.8 Å². The summed E-state index contributed by atoms with van der Waals surface area (Å²) in [4.78, 5) is 13.6. The highest BCUT2D eigenvalue weighted by molar-refractivity contribution is 7.18. The molecule has 6 rings (SSSR count). The summed E-state index contributed by atoms with van der Waals surface area (Å²) in [6.45, 7) is 3.53. The average molecular weight is 338 g/mol.